The van der Waals surface area contributed by atoms with E-state index in [-0.39, 0.29) is 18.1 Å². The van der Waals surface area contributed by atoms with Crippen LogP contribution in [0, 0.1) is 5.92 Å². The Morgan fingerprint density at radius 1 is 1.41 bits per heavy atom. The van der Waals surface area contributed by atoms with Gasteiger partial charge in [0.25, 0.3) is 0 Å². The third-order valence-electron chi connectivity index (χ3n) is 4.96. The molecule has 2 N–H and O–H groups in total. The minimum absolute atomic E-state index is 0.0433. The average Bonchev–Trinajstić information content (AvgIpc) is 3.23. The van der Waals surface area contributed by atoms with Gasteiger partial charge in [0.1, 0.15) is 0 Å². The van der Waals surface area contributed by atoms with E-state index in [9.17, 15) is 4.79 Å². The molecule has 0 unspecified atom stereocenters. The van der Waals surface area contributed by atoms with Crippen molar-refractivity contribution in [3.05, 3.63) is 11.9 Å². The summed E-state index contributed by atoms with van der Waals surface area (Å²) < 4.78 is 7.89. The third kappa shape index (κ3) is 2.62. The number of nitrogens with zero attached hydrogens (tertiary/aromatic N) is 4. The minimum Gasteiger partial charge on any atom is -0.368 e. The zero-order chi connectivity index (χ0) is 14.9. The highest BCUT2D eigenvalue weighted by Gasteiger charge is 2.37. The van der Waals surface area contributed by atoms with Crippen LogP contribution in [0.4, 0.5) is 0 Å². The minimum atomic E-state index is 0.0433. The lowest BCUT2D eigenvalue weighted by atomic mass is 9.98. The number of rotatable bonds is 3. The number of hydrogen-bond donors (Lipinski definition) is 2. The number of piperidine rings is 1. The van der Waals surface area contributed by atoms with Gasteiger partial charge in [-0.15, -0.1) is 5.10 Å². The van der Waals surface area contributed by atoms with Gasteiger partial charge in [-0.25, -0.2) is 4.68 Å². The molecule has 0 saturated carbocycles. The zero-order valence-electron chi connectivity index (χ0n) is 12.6. The van der Waals surface area contributed by atoms with Crippen molar-refractivity contribution in [1.82, 2.24) is 30.7 Å². The molecule has 1 aromatic heterocycles. The van der Waals surface area contributed by atoms with Crippen molar-refractivity contribution in [3.8, 4) is 0 Å². The van der Waals surface area contributed by atoms with Gasteiger partial charge in [-0.05, 0) is 18.8 Å². The molecule has 8 nitrogen and oxygen atoms in total. The van der Waals surface area contributed by atoms with Crippen molar-refractivity contribution in [2.24, 2.45) is 5.92 Å². The van der Waals surface area contributed by atoms with E-state index in [0.29, 0.717) is 25.5 Å². The van der Waals surface area contributed by atoms with Crippen molar-refractivity contribution in [3.63, 3.8) is 0 Å². The highest BCUT2D eigenvalue weighted by molar-refractivity contribution is 5.76. The fourth-order valence-electron chi connectivity index (χ4n) is 3.61. The highest BCUT2D eigenvalue weighted by Crippen LogP contribution is 2.30. The number of aromatic nitrogens is 3. The van der Waals surface area contributed by atoms with Crippen LogP contribution >= 0.6 is 0 Å². The van der Waals surface area contributed by atoms with Crippen LogP contribution in [0.5, 0.6) is 0 Å². The molecule has 2 saturated heterocycles. The van der Waals surface area contributed by atoms with Gasteiger partial charge in [-0.3, -0.25) is 15.6 Å². The summed E-state index contributed by atoms with van der Waals surface area (Å²) in [5, 5.41) is 8.13. The van der Waals surface area contributed by atoms with E-state index >= 15 is 0 Å². The van der Waals surface area contributed by atoms with Crippen molar-refractivity contribution in [2.75, 3.05) is 26.2 Å². The van der Waals surface area contributed by atoms with Crippen molar-refractivity contribution >= 4 is 5.91 Å². The molecule has 3 aliphatic rings. The Kier molecular flexibility index (Phi) is 3.81. The molecule has 120 valence electrons. The molecule has 0 aliphatic carbocycles. The van der Waals surface area contributed by atoms with E-state index in [1.807, 2.05) is 9.58 Å². The SMILES string of the molecule is O=C(CCC1CNNC1)N1CC[C@H]2[C@H](C1)OCc1cnnn12. The van der Waals surface area contributed by atoms with E-state index in [0.717, 1.165) is 38.2 Å². The number of likely N-dealkylation sites (tertiary alicyclic amines) is 1. The van der Waals surface area contributed by atoms with Crippen LogP contribution in [0.1, 0.15) is 31.0 Å². The van der Waals surface area contributed by atoms with Crippen LogP contribution < -0.4 is 10.9 Å². The van der Waals surface area contributed by atoms with Crippen LogP contribution in [0.2, 0.25) is 0 Å². The van der Waals surface area contributed by atoms with Crippen LogP contribution in [0.25, 0.3) is 0 Å². The number of amides is 1. The number of fused-ring (bicyclic) bond motifs is 3. The molecule has 0 aromatic carbocycles. The van der Waals surface area contributed by atoms with E-state index in [1.165, 1.54) is 0 Å². The zero-order valence-corrected chi connectivity index (χ0v) is 12.6. The maximum atomic E-state index is 12.4. The summed E-state index contributed by atoms with van der Waals surface area (Å²) in [6.45, 7) is 3.90. The van der Waals surface area contributed by atoms with Crippen LogP contribution in [0.15, 0.2) is 6.20 Å². The summed E-state index contributed by atoms with van der Waals surface area (Å²) in [4.78, 5) is 14.4. The molecule has 0 bridgehead atoms. The molecule has 22 heavy (non-hydrogen) atoms. The third-order valence-corrected chi connectivity index (χ3v) is 4.96. The topological polar surface area (TPSA) is 84.3 Å². The average molecular weight is 306 g/mol. The Morgan fingerprint density at radius 3 is 3.14 bits per heavy atom. The fraction of sp³-hybridized carbons (Fsp3) is 0.786. The predicted octanol–water partition coefficient (Wildman–Crippen LogP) is -0.545. The molecule has 4 heterocycles. The first-order chi connectivity index (χ1) is 10.8. The highest BCUT2D eigenvalue weighted by atomic mass is 16.5. The molecule has 0 spiro atoms. The second-order valence-electron chi connectivity index (χ2n) is 6.38. The lowest BCUT2D eigenvalue weighted by molar-refractivity contribution is -0.139. The lowest BCUT2D eigenvalue weighted by Crippen LogP contribution is -2.50. The standard InChI is InChI=1S/C14H22N6O2/c21-14(2-1-10-5-15-16-6-10)19-4-3-12-13(8-19)22-9-11-7-17-18-20(11)12/h7,10,12-13,15-16H,1-6,8-9H2/t12-,13-/m0/s1. The molecule has 1 aromatic rings. The van der Waals surface area contributed by atoms with E-state index in [4.69, 9.17) is 4.74 Å². The maximum Gasteiger partial charge on any atom is 0.222 e. The molecule has 0 radical (unpaired) electrons. The first-order valence-corrected chi connectivity index (χ1v) is 8.05. The normalized spacial score (nSPS) is 28.5. The maximum absolute atomic E-state index is 12.4. The van der Waals surface area contributed by atoms with Gasteiger partial charge in [0, 0.05) is 32.6 Å². The molecular formula is C14H22N6O2. The quantitative estimate of drug-likeness (QED) is 0.780. The summed E-state index contributed by atoms with van der Waals surface area (Å²) in [6, 6.07) is 0.221. The monoisotopic (exact) mass is 306 g/mol. The summed E-state index contributed by atoms with van der Waals surface area (Å²) in [5.74, 6) is 0.809. The molecule has 4 rings (SSSR count). The Labute approximate surface area is 129 Å². The Bertz CT molecular complexity index is 541. The first kappa shape index (κ1) is 14.1. The second-order valence-corrected chi connectivity index (χ2v) is 6.38. The molecule has 8 heteroatoms. The van der Waals surface area contributed by atoms with E-state index in [2.05, 4.69) is 21.2 Å². The van der Waals surface area contributed by atoms with Gasteiger partial charge in [0.05, 0.1) is 30.6 Å². The Hall–Kier alpha value is -1.51. The molecule has 2 fully saturated rings. The molecule has 2 atom stereocenters. The van der Waals surface area contributed by atoms with Gasteiger partial charge >= 0.3 is 0 Å². The summed E-state index contributed by atoms with van der Waals surface area (Å²) in [5.41, 5.74) is 7.25. The number of hydrogen-bond acceptors (Lipinski definition) is 6. The van der Waals surface area contributed by atoms with Crippen LogP contribution in [0.3, 0.4) is 0 Å². The van der Waals surface area contributed by atoms with Crippen molar-refractivity contribution < 1.29 is 9.53 Å². The van der Waals surface area contributed by atoms with Gasteiger partial charge in [-0.1, -0.05) is 5.21 Å². The van der Waals surface area contributed by atoms with Gasteiger partial charge in [0.15, 0.2) is 0 Å². The smallest absolute Gasteiger partial charge is 0.222 e. The lowest BCUT2D eigenvalue weighted by Gasteiger charge is -2.41. The van der Waals surface area contributed by atoms with Gasteiger partial charge in [0.2, 0.25) is 5.91 Å². The largest absolute Gasteiger partial charge is 0.368 e. The Balaban J connectivity index is 1.33. The summed E-state index contributed by atoms with van der Waals surface area (Å²) in [7, 11) is 0. The number of hydrazine groups is 1. The molecular weight excluding hydrogens is 284 g/mol. The van der Waals surface area contributed by atoms with Crippen molar-refractivity contribution in [1.29, 1.82) is 0 Å². The first-order valence-electron chi connectivity index (χ1n) is 8.05. The van der Waals surface area contributed by atoms with Crippen molar-refractivity contribution in [2.45, 2.75) is 38.0 Å². The number of ether oxygens (including phenoxy) is 1. The summed E-state index contributed by atoms with van der Waals surface area (Å²) in [6.07, 6.45) is 4.26. The second kappa shape index (κ2) is 5.94. The fourth-order valence-corrected chi connectivity index (χ4v) is 3.61. The number of nitrogens with one attached hydrogen (secondary N) is 2. The van der Waals surface area contributed by atoms with Gasteiger partial charge < -0.3 is 9.64 Å². The molecule has 3 aliphatic heterocycles. The predicted molar refractivity (Wildman–Crippen MR) is 77.6 cm³/mol. The van der Waals surface area contributed by atoms with Crippen LogP contribution in [-0.2, 0) is 16.1 Å². The summed E-state index contributed by atoms with van der Waals surface area (Å²) >= 11 is 0. The van der Waals surface area contributed by atoms with Crippen LogP contribution in [-0.4, -0.2) is 58.1 Å². The van der Waals surface area contributed by atoms with E-state index < -0.39 is 0 Å². The van der Waals surface area contributed by atoms with Gasteiger partial charge in [-0.2, -0.15) is 0 Å². The Morgan fingerprint density at radius 2 is 2.27 bits per heavy atom. The number of carbonyl (C=O) groups excluding carboxylic acids is 1. The molecule has 1 amide bonds. The number of carbonyl (C=O) groups is 1. The van der Waals surface area contributed by atoms with E-state index in [1.54, 1.807) is 6.20 Å².